The third-order valence-corrected chi connectivity index (χ3v) is 2.61. The molecule has 0 aliphatic carbocycles. The summed E-state index contributed by atoms with van der Waals surface area (Å²) in [5.41, 5.74) is -1.00. The fourth-order valence-electron chi connectivity index (χ4n) is 1.51. The van der Waals surface area contributed by atoms with Crippen LogP contribution in [0.1, 0.15) is 13.0 Å². The average molecular weight is 238 g/mol. The van der Waals surface area contributed by atoms with Gasteiger partial charge in [0.1, 0.15) is 6.04 Å². The van der Waals surface area contributed by atoms with Gasteiger partial charge in [0, 0.05) is 7.05 Å². The number of aromatic nitrogens is 4. The minimum Gasteiger partial charge on any atom is -0.480 e. The Morgan fingerprint density at radius 2 is 2.18 bits per heavy atom. The molecular formula is C9H10N4O4. The van der Waals surface area contributed by atoms with Crippen LogP contribution in [-0.4, -0.2) is 30.2 Å². The van der Waals surface area contributed by atoms with Gasteiger partial charge in [-0.3, -0.25) is 14.3 Å². The van der Waals surface area contributed by atoms with Gasteiger partial charge in [-0.1, -0.05) is 0 Å². The van der Waals surface area contributed by atoms with E-state index in [9.17, 15) is 14.4 Å². The zero-order valence-electron chi connectivity index (χ0n) is 9.17. The summed E-state index contributed by atoms with van der Waals surface area (Å²) in [6.07, 6.45) is 1.22. The van der Waals surface area contributed by atoms with E-state index in [0.717, 1.165) is 4.57 Å². The van der Waals surface area contributed by atoms with Crippen molar-refractivity contribution in [2.45, 2.75) is 13.0 Å². The highest BCUT2D eigenvalue weighted by molar-refractivity contribution is 5.76. The summed E-state index contributed by atoms with van der Waals surface area (Å²) in [6.45, 7) is 1.42. The van der Waals surface area contributed by atoms with Gasteiger partial charge in [0.25, 0.3) is 5.56 Å². The normalized spacial score (nSPS) is 12.8. The van der Waals surface area contributed by atoms with Crippen LogP contribution in [0.2, 0.25) is 0 Å². The molecule has 0 aromatic carbocycles. The highest BCUT2D eigenvalue weighted by Gasteiger charge is 2.19. The molecule has 1 atom stereocenters. The Kier molecular flexibility index (Phi) is 2.34. The number of aromatic amines is 1. The van der Waals surface area contributed by atoms with Crippen molar-refractivity contribution in [2.24, 2.45) is 7.05 Å². The Balaban J connectivity index is 2.86. The molecule has 0 radical (unpaired) electrons. The number of nitrogens with zero attached hydrogens (tertiary/aromatic N) is 3. The number of imidazole rings is 1. The van der Waals surface area contributed by atoms with Crippen molar-refractivity contribution in [2.75, 3.05) is 0 Å². The van der Waals surface area contributed by atoms with Gasteiger partial charge in [-0.25, -0.2) is 14.6 Å². The average Bonchev–Trinajstić information content (AvgIpc) is 2.68. The molecule has 90 valence electrons. The van der Waals surface area contributed by atoms with Crippen LogP contribution < -0.4 is 11.2 Å². The summed E-state index contributed by atoms with van der Waals surface area (Å²) >= 11 is 0. The highest BCUT2D eigenvalue weighted by atomic mass is 16.4. The number of nitrogens with one attached hydrogen (secondary N) is 1. The van der Waals surface area contributed by atoms with E-state index in [4.69, 9.17) is 5.11 Å². The molecule has 2 N–H and O–H groups in total. The van der Waals surface area contributed by atoms with Gasteiger partial charge in [0.2, 0.25) is 0 Å². The largest absolute Gasteiger partial charge is 0.480 e. The molecule has 8 heteroatoms. The SMILES string of the molecule is CC(C(=O)O)n1cnc2[nH]c(=O)n(C)c(=O)c21. The van der Waals surface area contributed by atoms with Crippen LogP contribution in [0.25, 0.3) is 11.2 Å². The second-order valence-corrected chi connectivity index (χ2v) is 3.66. The summed E-state index contributed by atoms with van der Waals surface area (Å²) in [5.74, 6) is -1.09. The van der Waals surface area contributed by atoms with Crippen molar-refractivity contribution < 1.29 is 9.90 Å². The monoisotopic (exact) mass is 238 g/mol. The van der Waals surface area contributed by atoms with Crippen LogP contribution >= 0.6 is 0 Å². The van der Waals surface area contributed by atoms with E-state index in [2.05, 4.69) is 9.97 Å². The Hall–Kier alpha value is -2.38. The maximum atomic E-state index is 11.8. The second kappa shape index (κ2) is 3.58. The number of hydrogen-bond acceptors (Lipinski definition) is 4. The lowest BCUT2D eigenvalue weighted by Crippen LogP contribution is -2.33. The third-order valence-electron chi connectivity index (χ3n) is 2.61. The van der Waals surface area contributed by atoms with E-state index in [1.165, 1.54) is 24.9 Å². The van der Waals surface area contributed by atoms with E-state index in [1.807, 2.05) is 0 Å². The van der Waals surface area contributed by atoms with Gasteiger partial charge in [0.05, 0.1) is 6.33 Å². The summed E-state index contributed by atoms with van der Waals surface area (Å²) in [6, 6.07) is -0.932. The van der Waals surface area contributed by atoms with E-state index in [0.29, 0.717) is 0 Å². The highest BCUT2D eigenvalue weighted by Crippen LogP contribution is 2.11. The molecule has 1 unspecified atom stereocenters. The number of carbonyl (C=O) groups is 1. The quantitative estimate of drug-likeness (QED) is 0.702. The first kappa shape index (κ1) is 11.1. The summed E-state index contributed by atoms with van der Waals surface area (Å²) in [5, 5.41) is 8.90. The van der Waals surface area contributed by atoms with Gasteiger partial charge in [0.15, 0.2) is 11.2 Å². The Bertz CT molecular complexity index is 708. The van der Waals surface area contributed by atoms with Gasteiger partial charge >= 0.3 is 11.7 Å². The molecule has 17 heavy (non-hydrogen) atoms. The second-order valence-electron chi connectivity index (χ2n) is 3.66. The summed E-state index contributed by atoms with van der Waals surface area (Å²) in [4.78, 5) is 40.2. The van der Waals surface area contributed by atoms with Crippen LogP contribution in [-0.2, 0) is 11.8 Å². The van der Waals surface area contributed by atoms with Crippen LogP contribution in [0, 0.1) is 0 Å². The van der Waals surface area contributed by atoms with Crippen LogP contribution in [0.3, 0.4) is 0 Å². The molecule has 2 aromatic rings. The molecule has 0 aliphatic rings. The van der Waals surface area contributed by atoms with Crippen molar-refractivity contribution in [3.05, 3.63) is 27.2 Å². The minimum absolute atomic E-state index is 0.0713. The molecule has 2 heterocycles. The lowest BCUT2D eigenvalue weighted by atomic mass is 10.3. The molecule has 8 nitrogen and oxygen atoms in total. The van der Waals surface area contributed by atoms with E-state index in [-0.39, 0.29) is 11.2 Å². The molecule has 0 spiro atoms. The lowest BCUT2D eigenvalue weighted by Gasteiger charge is -2.08. The number of H-pyrrole nitrogens is 1. The van der Waals surface area contributed by atoms with Crippen molar-refractivity contribution in [1.82, 2.24) is 19.1 Å². The van der Waals surface area contributed by atoms with Gasteiger partial charge in [-0.05, 0) is 6.92 Å². The molecule has 0 bridgehead atoms. The molecule has 0 saturated heterocycles. The number of hydrogen-bond donors (Lipinski definition) is 2. The Morgan fingerprint density at radius 1 is 1.53 bits per heavy atom. The molecule has 2 rings (SSSR count). The lowest BCUT2D eigenvalue weighted by molar-refractivity contribution is -0.140. The first-order valence-electron chi connectivity index (χ1n) is 4.82. The van der Waals surface area contributed by atoms with Crippen LogP contribution in [0.5, 0.6) is 0 Å². The van der Waals surface area contributed by atoms with Crippen molar-refractivity contribution >= 4 is 17.1 Å². The number of rotatable bonds is 2. The zero-order chi connectivity index (χ0) is 12.7. The maximum absolute atomic E-state index is 11.8. The fourth-order valence-corrected chi connectivity index (χ4v) is 1.51. The van der Waals surface area contributed by atoms with Crippen molar-refractivity contribution in [3.8, 4) is 0 Å². The predicted molar refractivity (Wildman–Crippen MR) is 57.9 cm³/mol. The Morgan fingerprint density at radius 3 is 2.76 bits per heavy atom. The molecular weight excluding hydrogens is 228 g/mol. The standard InChI is InChI=1S/C9H10N4O4/c1-4(8(15)16)13-3-10-6-5(13)7(14)12(2)9(17)11-6/h3-4H,1-2H3,(H,11,17)(H,15,16). The van der Waals surface area contributed by atoms with Gasteiger partial charge < -0.3 is 9.67 Å². The maximum Gasteiger partial charge on any atom is 0.329 e. The summed E-state index contributed by atoms with van der Waals surface area (Å²) in [7, 11) is 1.31. The Labute approximate surface area is 94.1 Å². The van der Waals surface area contributed by atoms with Crippen molar-refractivity contribution in [1.29, 1.82) is 0 Å². The number of aliphatic carboxylic acids is 1. The van der Waals surface area contributed by atoms with Crippen molar-refractivity contribution in [3.63, 3.8) is 0 Å². The summed E-state index contributed by atoms with van der Waals surface area (Å²) < 4.78 is 2.09. The van der Waals surface area contributed by atoms with E-state index in [1.54, 1.807) is 0 Å². The van der Waals surface area contributed by atoms with E-state index < -0.39 is 23.3 Å². The number of fused-ring (bicyclic) bond motifs is 1. The minimum atomic E-state index is -1.09. The molecule has 0 amide bonds. The predicted octanol–water partition coefficient (Wildman–Crippen LogP) is -0.931. The first-order valence-corrected chi connectivity index (χ1v) is 4.82. The fraction of sp³-hybridized carbons (Fsp3) is 0.333. The third kappa shape index (κ3) is 1.53. The molecule has 2 aromatic heterocycles. The molecule has 0 saturated carbocycles. The molecule has 0 fully saturated rings. The number of carboxylic acids is 1. The molecule has 0 aliphatic heterocycles. The number of carboxylic acid groups (broad SMARTS) is 1. The zero-order valence-corrected chi connectivity index (χ0v) is 9.17. The smallest absolute Gasteiger partial charge is 0.329 e. The topological polar surface area (TPSA) is 110 Å². The van der Waals surface area contributed by atoms with Gasteiger partial charge in [-0.2, -0.15) is 0 Å². The van der Waals surface area contributed by atoms with Crippen LogP contribution in [0.4, 0.5) is 0 Å². The van der Waals surface area contributed by atoms with Gasteiger partial charge in [-0.15, -0.1) is 0 Å². The first-order chi connectivity index (χ1) is 7.93. The van der Waals surface area contributed by atoms with Crippen LogP contribution in [0.15, 0.2) is 15.9 Å². The van der Waals surface area contributed by atoms with E-state index >= 15 is 0 Å².